The Balaban J connectivity index is 1.46. The summed E-state index contributed by atoms with van der Waals surface area (Å²) in [4.78, 5) is 16.5. The molecule has 3 aromatic rings. The molecule has 0 aliphatic rings. The Morgan fingerprint density at radius 3 is 2.31 bits per heavy atom. The van der Waals surface area contributed by atoms with Gasteiger partial charge in [0.15, 0.2) is 0 Å². The van der Waals surface area contributed by atoms with Gasteiger partial charge in [0.1, 0.15) is 17.3 Å². The fourth-order valence-electron chi connectivity index (χ4n) is 2.87. The Morgan fingerprint density at radius 2 is 1.62 bits per heavy atom. The summed E-state index contributed by atoms with van der Waals surface area (Å²) in [6.07, 6.45) is 3.09. The first-order valence-corrected chi connectivity index (χ1v) is 9.49. The van der Waals surface area contributed by atoms with E-state index in [2.05, 4.69) is 15.6 Å². The third kappa shape index (κ3) is 6.31. The first-order valence-electron chi connectivity index (χ1n) is 9.49. The molecule has 3 rings (SSSR count). The fourth-order valence-corrected chi connectivity index (χ4v) is 2.87. The Kier molecular flexibility index (Phi) is 7.16. The van der Waals surface area contributed by atoms with E-state index in [0.717, 1.165) is 35.4 Å². The Bertz CT molecular complexity index is 928. The number of hydrogen-bond acceptors (Lipinski definition) is 4. The summed E-state index contributed by atoms with van der Waals surface area (Å²) < 4.78 is 18.1. The lowest BCUT2D eigenvalue weighted by Gasteiger charge is -2.09. The number of anilines is 1. The molecule has 0 saturated carbocycles. The lowest BCUT2D eigenvalue weighted by molar-refractivity contribution is 0.0949. The summed E-state index contributed by atoms with van der Waals surface area (Å²) >= 11 is 0. The molecule has 0 bridgehead atoms. The summed E-state index contributed by atoms with van der Waals surface area (Å²) in [7, 11) is 1.63. The smallest absolute Gasteiger partial charge is 0.269 e. The second kappa shape index (κ2) is 10.2. The van der Waals surface area contributed by atoms with E-state index in [0.29, 0.717) is 18.8 Å². The van der Waals surface area contributed by atoms with E-state index in [4.69, 9.17) is 4.74 Å². The molecule has 0 radical (unpaired) electrons. The van der Waals surface area contributed by atoms with Crippen molar-refractivity contribution < 1.29 is 13.9 Å². The monoisotopic (exact) mass is 393 g/mol. The highest BCUT2D eigenvalue weighted by Crippen LogP contribution is 2.12. The average Bonchev–Trinajstić information content (AvgIpc) is 2.76. The highest BCUT2D eigenvalue weighted by Gasteiger charge is 2.07. The molecular formula is C23H24FN3O2. The van der Waals surface area contributed by atoms with Crippen LogP contribution in [0.4, 0.5) is 10.1 Å². The zero-order valence-electron chi connectivity index (χ0n) is 16.3. The van der Waals surface area contributed by atoms with Crippen LogP contribution >= 0.6 is 0 Å². The number of pyridine rings is 1. The van der Waals surface area contributed by atoms with Gasteiger partial charge in [-0.2, -0.15) is 0 Å². The second-order valence-electron chi connectivity index (χ2n) is 6.59. The van der Waals surface area contributed by atoms with Crippen LogP contribution < -0.4 is 15.4 Å². The van der Waals surface area contributed by atoms with Crippen LogP contribution in [0.2, 0.25) is 0 Å². The number of carbonyl (C=O) groups excluding carboxylic acids is 1. The number of aromatic nitrogens is 1. The lowest BCUT2D eigenvalue weighted by atomic mass is 10.1. The Labute approximate surface area is 169 Å². The maximum atomic E-state index is 12.9. The van der Waals surface area contributed by atoms with Gasteiger partial charge < -0.3 is 15.4 Å². The van der Waals surface area contributed by atoms with Gasteiger partial charge in [-0.05, 0) is 60.4 Å². The molecule has 0 saturated heterocycles. The number of hydrogen-bond donors (Lipinski definition) is 2. The SMILES string of the molecule is COc1ccc(CCNC(=O)c2cc(NCCc3ccc(F)cc3)ccn2)cc1. The van der Waals surface area contributed by atoms with Crippen molar-refractivity contribution >= 4 is 11.6 Å². The van der Waals surface area contributed by atoms with Crippen LogP contribution in [0.15, 0.2) is 66.9 Å². The van der Waals surface area contributed by atoms with Gasteiger partial charge in [-0.15, -0.1) is 0 Å². The van der Waals surface area contributed by atoms with E-state index < -0.39 is 0 Å². The number of nitrogens with zero attached hydrogens (tertiary/aromatic N) is 1. The molecule has 1 aromatic heterocycles. The number of benzene rings is 2. The highest BCUT2D eigenvalue weighted by atomic mass is 19.1. The van der Waals surface area contributed by atoms with E-state index in [1.165, 1.54) is 12.1 Å². The lowest BCUT2D eigenvalue weighted by Crippen LogP contribution is -2.26. The van der Waals surface area contributed by atoms with Crippen LogP contribution in [-0.2, 0) is 12.8 Å². The number of amides is 1. The number of rotatable bonds is 9. The number of nitrogens with one attached hydrogen (secondary N) is 2. The van der Waals surface area contributed by atoms with E-state index in [-0.39, 0.29) is 11.7 Å². The van der Waals surface area contributed by atoms with Crippen LogP contribution in [0.3, 0.4) is 0 Å². The van der Waals surface area contributed by atoms with Gasteiger partial charge >= 0.3 is 0 Å². The molecular weight excluding hydrogens is 369 g/mol. The first-order chi connectivity index (χ1) is 14.1. The van der Waals surface area contributed by atoms with Gasteiger partial charge in [-0.1, -0.05) is 24.3 Å². The van der Waals surface area contributed by atoms with Crippen molar-refractivity contribution in [1.82, 2.24) is 10.3 Å². The van der Waals surface area contributed by atoms with Gasteiger partial charge in [-0.25, -0.2) is 4.39 Å². The molecule has 2 aromatic carbocycles. The zero-order chi connectivity index (χ0) is 20.5. The average molecular weight is 393 g/mol. The predicted octanol–water partition coefficient (Wildman–Crippen LogP) is 3.86. The van der Waals surface area contributed by atoms with Gasteiger partial charge in [0.2, 0.25) is 0 Å². The number of halogens is 1. The van der Waals surface area contributed by atoms with Crippen LogP contribution in [0, 0.1) is 5.82 Å². The molecule has 0 aliphatic carbocycles. The molecule has 29 heavy (non-hydrogen) atoms. The summed E-state index contributed by atoms with van der Waals surface area (Å²) in [5.41, 5.74) is 3.36. The molecule has 0 atom stereocenters. The molecule has 0 fully saturated rings. The topological polar surface area (TPSA) is 63.2 Å². The molecule has 0 unspecified atom stereocenters. The molecule has 150 valence electrons. The summed E-state index contributed by atoms with van der Waals surface area (Å²) in [5, 5.41) is 6.16. The van der Waals surface area contributed by atoms with Gasteiger partial charge in [0, 0.05) is 25.0 Å². The second-order valence-corrected chi connectivity index (χ2v) is 6.59. The van der Waals surface area contributed by atoms with E-state index in [1.807, 2.05) is 30.3 Å². The van der Waals surface area contributed by atoms with Gasteiger partial charge in [0.05, 0.1) is 7.11 Å². The van der Waals surface area contributed by atoms with Crippen LogP contribution in [0.25, 0.3) is 0 Å². The van der Waals surface area contributed by atoms with Gasteiger partial charge in [-0.3, -0.25) is 9.78 Å². The first kappa shape index (κ1) is 20.3. The zero-order valence-corrected chi connectivity index (χ0v) is 16.3. The van der Waals surface area contributed by atoms with Crippen molar-refractivity contribution in [1.29, 1.82) is 0 Å². The van der Waals surface area contributed by atoms with Crippen LogP contribution in [0.5, 0.6) is 5.75 Å². The van der Waals surface area contributed by atoms with Crippen molar-refractivity contribution in [3.8, 4) is 5.75 Å². The summed E-state index contributed by atoms with van der Waals surface area (Å²) in [6.45, 7) is 1.20. The van der Waals surface area contributed by atoms with Crippen molar-refractivity contribution in [2.45, 2.75) is 12.8 Å². The van der Waals surface area contributed by atoms with Crippen molar-refractivity contribution in [3.05, 3.63) is 89.5 Å². The van der Waals surface area contributed by atoms with Crippen molar-refractivity contribution in [3.63, 3.8) is 0 Å². The maximum Gasteiger partial charge on any atom is 0.269 e. The van der Waals surface area contributed by atoms with Gasteiger partial charge in [0.25, 0.3) is 5.91 Å². The van der Waals surface area contributed by atoms with Crippen molar-refractivity contribution in [2.75, 3.05) is 25.5 Å². The van der Waals surface area contributed by atoms with Crippen LogP contribution in [-0.4, -0.2) is 31.1 Å². The fraction of sp³-hybridized carbons (Fsp3) is 0.217. The molecule has 0 spiro atoms. The third-order valence-electron chi connectivity index (χ3n) is 4.51. The largest absolute Gasteiger partial charge is 0.497 e. The molecule has 6 heteroatoms. The summed E-state index contributed by atoms with van der Waals surface area (Å²) in [5.74, 6) is 0.366. The molecule has 5 nitrogen and oxygen atoms in total. The van der Waals surface area contributed by atoms with Crippen LogP contribution in [0.1, 0.15) is 21.6 Å². The van der Waals surface area contributed by atoms with E-state index >= 15 is 0 Å². The number of ether oxygens (including phenoxy) is 1. The quantitative estimate of drug-likeness (QED) is 0.580. The predicted molar refractivity (Wildman–Crippen MR) is 112 cm³/mol. The number of methoxy groups -OCH3 is 1. The number of carbonyl (C=O) groups is 1. The van der Waals surface area contributed by atoms with E-state index in [1.54, 1.807) is 31.5 Å². The summed E-state index contributed by atoms with van der Waals surface area (Å²) in [6, 6.07) is 17.8. The highest BCUT2D eigenvalue weighted by molar-refractivity contribution is 5.93. The van der Waals surface area contributed by atoms with E-state index in [9.17, 15) is 9.18 Å². The minimum Gasteiger partial charge on any atom is -0.497 e. The van der Waals surface area contributed by atoms with Crippen molar-refractivity contribution in [2.24, 2.45) is 0 Å². The molecule has 1 heterocycles. The minimum atomic E-state index is -0.238. The Hall–Kier alpha value is -3.41. The molecule has 0 aliphatic heterocycles. The minimum absolute atomic E-state index is 0.208. The standard InChI is InChI=1S/C23H24FN3O2/c1-29-21-8-4-18(5-9-21)11-14-27-23(28)22-16-20(12-15-26-22)25-13-10-17-2-6-19(24)7-3-17/h2-9,12,15-16H,10-11,13-14H2,1H3,(H,25,26)(H,27,28). The molecule has 2 N–H and O–H groups in total. The Morgan fingerprint density at radius 1 is 0.966 bits per heavy atom. The normalized spacial score (nSPS) is 10.4. The molecule has 1 amide bonds. The maximum absolute atomic E-state index is 12.9. The third-order valence-corrected chi connectivity index (χ3v) is 4.51.